The maximum absolute atomic E-state index is 13.8. The van der Waals surface area contributed by atoms with E-state index >= 15 is 0 Å². The van der Waals surface area contributed by atoms with E-state index < -0.39 is 21.7 Å². The predicted octanol–water partition coefficient (Wildman–Crippen LogP) is 3.84. The van der Waals surface area contributed by atoms with Gasteiger partial charge in [0.2, 0.25) is 0 Å². The SMILES string of the molecule is C/C(=N/NC(=O)c1ccccc1NS(=O)(=O)c1cccs1)c1ccccc1F. The Morgan fingerprint density at radius 1 is 1.00 bits per heavy atom. The summed E-state index contributed by atoms with van der Waals surface area (Å²) in [6.07, 6.45) is 0. The monoisotopic (exact) mass is 417 g/mol. The molecule has 0 radical (unpaired) electrons. The van der Waals surface area contributed by atoms with E-state index in [1.807, 2.05) is 0 Å². The van der Waals surface area contributed by atoms with E-state index in [1.54, 1.807) is 48.7 Å². The average molecular weight is 417 g/mol. The average Bonchev–Trinajstić information content (AvgIpc) is 3.22. The zero-order valence-corrected chi connectivity index (χ0v) is 16.4. The summed E-state index contributed by atoms with van der Waals surface area (Å²) in [5.41, 5.74) is 3.08. The summed E-state index contributed by atoms with van der Waals surface area (Å²) in [6.45, 7) is 1.56. The minimum Gasteiger partial charge on any atom is -0.278 e. The summed E-state index contributed by atoms with van der Waals surface area (Å²) in [6, 6.07) is 15.3. The second-order valence-electron chi connectivity index (χ2n) is 5.70. The van der Waals surface area contributed by atoms with Crippen molar-refractivity contribution in [3.8, 4) is 0 Å². The molecule has 0 spiro atoms. The van der Waals surface area contributed by atoms with Crippen LogP contribution in [0.3, 0.4) is 0 Å². The Morgan fingerprint density at radius 3 is 2.36 bits per heavy atom. The quantitative estimate of drug-likeness (QED) is 0.472. The summed E-state index contributed by atoms with van der Waals surface area (Å²) >= 11 is 1.07. The number of nitrogens with one attached hydrogen (secondary N) is 2. The number of benzene rings is 2. The molecule has 2 N–H and O–H groups in total. The van der Waals surface area contributed by atoms with Crippen molar-refractivity contribution >= 4 is 38.7 Å². The molecule has 0 bridgehead atoms. The Bertz CT molecular complexity index is 1130. The zero-order chi connectivity index (χ0) is 20.1. The van der Waals surface area contributed by atoms with Crippen LogP contribution in [0.2, 0.25) is 0 Å². The maximum Gasteiger partial charge on any atom is 0.273 e. The van der Waals surface area contributed by atoms with Gasteiger partial charge in [0, 0.05) is 5.56 Å². The van der Waals surface area contributed by atoms with E-state index in [9.17, 15) is 17.6 Å². The van der Waals surface area contributed by atoms with E-state index in [0.29, 0.717) is 0 Å². The molecule has 0 aliphatic rings. The van der Waals surface area contributed by atoms with Gasteiger partial charge in [-0.25, -0.2) is 18.2 Å². The van der Waals surface area contributed by atoms with Gasteiger partial charge in [-0.3, -0.25) is 9.52 Å². The van der Waals surface area contributed by atoms with E-state index in [1.165, 1.54) is 24.3 Å². The second-order valence-corrected chi connectivity index (χ2v) is 8.56. The Kier molecular flexibility index (Phi) is 5.86. The second kappa shape index (κ2) is 8.32. The number of amides is 1. The van der Waals surface area contributed by atoms with Crippen LogP contribution in [-0.2, 0) is 10.0 Å². The molecule has 1 amide bonds. The van der Waals surface area contributed by atoms with Crippen molar-refractivity contribution in [2.24, 2.45) is 5.10 Å². The first-order valence-electron chi connectivity index (χ1n) is 8.13. The Hall–Kier alpha value is -3.04. The van der Waals surface area contributed by atoms with Gasteiger partial charge >= 0.3 is 0 Å². The molecule has 1 aromatic heterocycles. The van der Waals surface area contributed by atoms with Crippen molar-refractivity contribution in [3.05, 3.63) is 83.0 Å². The van der Waals surface area contributed by atoms with Crippen molar-refractivity contribution in [3.63, 3.8) is 0 Å². The molecule has 3 aromatic rings. The minimum absolute atomic E-state index is 0.0905. The fraction of sp³-hybridized carbons (Fsp3) is 0.0526. The number of rotatable bonds is 6. The van der Waals surface area contributed by atoms with Gasteiger partial charge in [-0.2, -0.15) is 5.10 Å². The Morgan fingerprint density at radius 2 is 1.68 bits per heavy atom. The first-order chi connectivity index (χ1) is 13.4. The van der Waals surface area contributed by atoms with Gasteiger partial charge in [-0.15, -0.1) is 11.3 Å². The molecular formula is C19H16FN3O3S2. The number of anilines is 1. The Balaban J connectivity index is 1.82. The third kappa shape index (κ3) is 4.44. The normalized spacial score (nSPS) is 11.9. The first kappa shape index (κ1) is 19.7. The summed E-state index contributed by atoms with van der Waals surface area (Å²) < 4.78 is 41.2. The number of nitrogens with zero attached hydrogens (tertiary/aromatic N) is 1. The van der Waals surface area contributed by atoms with Gasteiger partial charge in [0.1, 0.15) is 10.0 Å². The third-order valence-electron chi connectivity index (χ3n) is 3.76. The lowest BCUT2D eigenvalue weighted by molar-refractivity contribution is 0.0955. The van der Waals surface area contributed by atoms with Crippen LogP contribution in [0.4, 0.5) is 10.1 Å². The fourth-order valence-corrected chi connectivity index (χ4v) is 4.46. The fourth-order valence-electron chi connectivity index (χ4n) is 2.39. The molecule has 9 heteroatoms. The molecule has 0 aliphatic carbocycles. The van der Waals surface area contributed by atoms with Gasteiger partial charge in [-0.1, -0.05) is 36.4 Å². The van der Waals surface area contributed by atoms with Crippen LogP contribution >= 0.6 is 11.3 Å². The van der Waals surface area contributed by atoms with Gasteiger partial charge in [0.25, 0.3) is 15.9 Å². The van der Waals surface area contributed by atoms with E-state index in [2.05, 4.69) is 15.2 Å². The first-order valence-corrected chi connectivity index (χ1v) is 10.5. The van der Waals surface area contributed by atoms with E-state index in [0.717, 1.165) is 11.3 Å². The van der Waals surface area contributed by atoms with Crippen LogP contribution in [0.5, 0.6) is 0 Å². The largest absolute Gasteiger partial charge is 0.278 e. The summed E-state index contributed by atoms with van der Waals surface area (Å²) in [5, 5.41) is 5.57. The van der Waals surface area contributed by atoms with Gasteiger partial charge < -0.3 is 0 Å². The van der Waals surface area contributed by atoms with Crippen molar-refractivity contribution in [1.82, 2.24) is 5.43 Å². The number of hydrogen-bond acceptors (Lipinski definition) is 5. The smallest absolute Gasteiger partial charge is 0.273 e. The molecular weight excluding hydrogens is 401 g/mol. The highest BCUT2D eigenvalue weighted by molar-refractivity contribution is 7.94. The van der Waals surface area contributed by atoms with Crippen LogP contribution in [0.1, 0.15) is 22.8 Å². The molecule has 0 saturated carbocycles. The van der Waals surface area contributed by atoms with Gasteiger partial charge in [0.05, 0.1) is 17.0 Å². The number of carbonyl (C=O) groups is 1. The third-order valence-corrected chi connectivity index (χ3v) is 6.53. The number of sulfonamides is 1. The molecule has 2 aromatic carbocycles. The summed E-state index contributed by atoms with van der Waals surface area (Å²) in [5.74, 6) is -1.08. The van der Waals surface area contributed by atoms with E-state index in [-0.39, 0.29) is 26.7 Å². The number of halogens is 1. The van der Waals surface area contributed by atoms with Crippen LogP contribution in [0.15, 0.2) is 75.4 Å². The Labute approximate surface area is 165 Å². The van der Waals surface area contributed by atoms with Crippen molar-refractivity contribution in [1.29, 1.82) is 0 Å². The molecule has 3 rings (SSSR count). The minimum atomic E-state index is -3.80. The molecule has 6 nitrogen and oxygen atoms in total. The zero-order valence-electron chi connectivity index (χ0n) is 14.7. The number of thiophene rings is 1. The molecule has 0 unspecified atom stereocenters. The standard InChI is InChI=1S/C19H16FN3O3S2/c1-13(14-7-2-4-9-16(14)20)21-22-19(24)15-8-3-5-10-17(15)23-28(25,26)18-11-6-12-27-18/h2-12,23H,1H3,(H,22,24)/b21-13-. The van der Waals surface area contributed by atoms with Gasteiger partial charge in [0.15, 0.2) is 0 Å². The molecule has 1 heterocycles. The van der Waals surface area contributed by atoms with Gasteiger partial charge in [-0.05, 0) is 36.6 Å². The van der Waals surface area contributed by atoms with Crippen LogP contribution in [-0.4, -0.2) is 20.0 Å². The number of para-hydroxylation sites is 1. The molecule has 144 valence electrons. The van der Waals surface area contributed by atoms with Crippen molar-refractivity contribution in [2.75, 3.05) is 4.72 Å². The number of hydrogen-bond donors (Lipinski definition) is 2. The van der Waals surface area contributed by atoms with Crippen molar-refractivity contribution in [2.45, 2.75) is 11.1 Å². The molecule has 0 aliphatic heterocycles. The molecule has 0 saturated heterocycles. The number of carbonyl (C=O) groups excluding carboxylic acids is 1. The highest BCUT2D eigenvalue weighted by atomic mass is 32.2. The lowest BCUT2D eigenvalue weighted by Crippen LogP contribution is -2.22. The summed E-state index contributed by atoms with van der Waals surface area (Å²) in [4.78, 5) is 12.5. The maximum atomic E-state index is 13.8. The molecule has 28 heavy (non-hydrogen) atoms. The molecule has 0 fully saturated rings. The van der Waals surface area contributed by atoms with E-state index in [4.69, 9.17) is 0 Å². The lowest BCUT2D eigenvalue weighted by Gasteiger charge is -2.11. The summed E-state index contributed by atoms with van der Waals surface area (Å²) in [7, 11) is -3.80. The lowest BCUT2D eigenvalue weighted by atomic mass is 10.1. The number of hydrazone groups is 1. The molecule has 0 atom stereocenters. The predicted molar refractivity (Wildman–Crippen MR) is 108 cm³/mol. The van der Waals surface area contributed by atoms with Crippen LogP contribution in [0.25, 0.3) is 0 Å². The highest BCUT2D eigenvalue weighted by Crippen LogP contribution is 2.22. The van der Waals surface area contributed by atoms with Crippen LogP contribution < -0.4 is 10.1 Å². The topological polar surface area (TPSA) is 87.6 Å². The highest BCUT2D eigenvalue weighted by Gasteiger charge is 2.19. The van der Waals surface area contributed by atoms with Crippen molar-refractivity contribution < 1.29 is 17.6 Å². The van der Waals surface area contributed by atoms with Crippen LogP contribution in [0, 0.1) is 5.82 Å².